The molecule has 6 heteroatoms. The molecular weight excluding hydrogens is 346 g/mol. The molecule has 2 aromatic rings. The number of hydrogen-bond donors (Lipinski definition) is 2. The van der Waals surface area contributed by atoms with E-state index in [1.54, 1.807) is 21.3 Å². The lowest BCUT2D eigenvalue weighted by molar-refractivity contribution is 0.354. The Morgan fingerprint density at radius 3 is 2.42 bits per heavy atom. The second-order valence-corrected chi connectivity index (χ2v) is 7.25. The van der Waals surface area contributed by atoms with E-state index >= 15 is 0 Å². The predicted octanol–water partition coefficient (Wildman–Crippen LogP) is 3.55. The molecule has 1 unspecified atom stereocenters. The van der Waals surface area contributed by atoms with Crippen molar-refractivity contribution in [2.75, 3.05) is 27.8 Å². The number of thioether (sulfide) groups is 1. The van der Waals surface area contributed by atoms with Gasteiger partial charge in [0.2, 0.25) is 0 Å². The SMILES string of the molecule is CN=C(NCc1ccc(OC)c(OC)c1)NCC(C)Sc1ccccc1. The first-order valence-corrected chi connectivity index (χ1v) is 9.41. The van der Waals surface area contributed by atoms with E-state index in [2.05, 4.69) is 46.8 Å². The highest BCUT2D eigenvalue weighted by molar-refractivity contribution is 8.00. The maximum Gasteiger partial charge on any atom is 0.191 e. The summed E-state index contributed by atoms with van der Waals surface area (Å²) >= 11 is 1.84. The number of rotatable bonds is 8. The number of nitrogens with zero attached hydrogens (tertiary/aromatic N) is 1. The molecule has 0 aromatic heterocycles. The summed E-state index contributed by atoms with van der Waals surface area (Å²) in [7, 11) is 5.05. The molecule has 2 rings (SSSR count). The summed E-state index contributed by atoms with van der Waals surface area (Å²) in [5.74, 6) is 2.23. The van der Waals surface area contributed by atoms with Gasteiger partial charge in [-0.25, -0.2) is 0 Å². The normalized spacial score (nSPS) is 12.4. The van der Waals surface area contributed by atoms with Gasteiger partial charge in [-0.3, -0.25) is 4.99 Å². The highest BCUT2D eigenvalue weighted by Gasteiger charge is 2.07. The van der Waals surface area contributed by atoms with Gasteiger partial charge < -0.3 is 20.1 Å². The van der Waals surface area contributed by atoms with Crippen LogP contribution < -0.4 is 20.1 Å². The van der Waals surface area contributed by atoms with Crippen LogP contribution in [0.1, 0.15) is 12.5 Å². The molecule has 0 aliphatic heterocycles. The van der Waals surface area contributed by atoms with Crippen molar-refractivity contribution in [3.05, 3.63) is 54.1 Å². The van der Waals surface area contributed by atoms with E-state index < -0.39 is 0 Å². The minimum atomic E-state index is 0.428. The van der Waals surface area contributed by atoms with Crippen LogP contribution in [0.25, 0.3) is 0 Å². The van der Waals surface area contributed by atoms with Gasteiger partial charge in [-0.2, -0.15) is 0 Å². The summed E-state index contributed by atoms with van der Waals surface area (Å²) in [6.45, 7) is 3.68. The Hall–Kier alpha value is -2.34. The van der Waals surface area contributed by atoms with Crippen molar-refractivity contribution < 1.29 is 9.47 Å². The van der Waals surface area contributed by atoms with Crippen LogP contribution >= 0.6 is 11.8 Å². The number of methoxy groups -OCH3 is 2. The molecule has 0 bridgehead atoms. The van der Waals surface area contributed by atoms with Gasteiger partial charge in [-0.1, -0.05) is 31.2 Å². The van der Waals surface area contributed by atoms with E-state index in [1.165, 1.54) is 4.90 Å². The van der Waals surface area contributed by atoms with E-state index in [1.807, 2.05) is 36.0 Å². The zero-order valence-electron chi connectivity index (χ0n) is 15.8. The fourth-order valence-corrected chi connectivity index (χ4v) is 3.36. The van der Waals surface area contributed by atoms with Gasteiger partial charge in [0.15, 0.2) is 17.5 Å². The first kappa shape index (κ1) is 20.0. The predicted molar refractivity (Wildman–Crippen MR) is 110 cm³/mol. The van der Waals surface area contributed by atoms with Gasteiger partial charge in [0, 0.05) is 30.3 Å². The average Bonchev–Trinajstić information content (AvgIpc) is 2.68. The van der Waals surface area contributed by atoms with Crippen LogP contribution in [0.2, 0.25) is 0 Å². The minimum Gasteiger partial charge on any atom is -0.493 e. The maximum atomic E-state index is 5.34. The van der Waals surface area contributed by atoms with Crippen molar-refractivity contribution in [1.82, 2.24) is 10.6 Å². The largest absolute Gasteiger partial charge is 0.493 e. The molecule has 0 saturated heterocycles. The van der Waals surface area contributed by atoms with Crippen molar-refractivity contribution in [1.29, 1.82) is 0 Å². The molecule has 0 spiro atoms. The Bertz CT molecular complexity index is 707. The Morgan fingerprint density at radius 2 is 1.77 bits per heavy atom. The first-order valence-electron chi connectivity index (χ1n) is 8.53. The molecule has 2 N–H and O–H groups in total. The van der Waals surface area contributed by atoms with E-state index in [0.29, 0.717) is 11.8 Å². The zero-order valence-corrected chi connectivity index (χ0v) is 16.6. The van der Waals surface area contributed by atoms with E-state index in [-0.39, 0.29) is 0 Å². The molecule has 5 nitrogen and oxygen atoms in total. The number of nitrogens with one attached hydrogen (secondary N) is 2. The molecule has 140 valence electrons. The maximum absolute atomic E-state index is 5.34. The van der Waals surface area contributed by atoms with Gasteiger partial charge in [-0.15, -0.1) is 11.8 Å². The van der Waals surface area contributed by atoms with Crippen LogP contribution in [-0.4, -0.2) is 39.0 Å². The number of hydrogen-bond acceptors (Lipinski definition) is 4. The highest BCUT2D eigenvalue weighted by atomic mass is 32.2. The van der Waals surface area contributed by atoms with Crippen molar-refractivity contribution in [3.63, 3.8) is 0 Å². The lowest BCUT2D eigenvalue weighted by atomic mass is 10.2. The molecule has 0 aliphatic carbocycles. The number of aliphatic imine (C=N–C) groups is 1. The quantitative estimate of drug-likeness (QED) is 0.421. The Morgan fingerprint density at radius 1 is 1.04 bits per heavy atom. The third-order valence-corrected chi connectivity index (χ3v) is 4.88. The van der Waals surface area contributed by atoms with Gasteiger partial charge in [0.05, 0.1) is 14.2 Å². The Kier molecular flexibility index (Phi) is 8.15. The lowest BCUT2D eigenvalue weighted by Crippen LogP contribution is -2.39. The summed E-state index contributed by atoms with van der Waals surface area (Å²) < 4.78 is 10.6. The van der Waals surface area contributed by atoms with Gasteiger partial charge in [-0.05, 0) is 29.8 Å². The second-order valence-electron chi connectivity index (χ2n) is 5.74. The number of ether oxygens (including phenoxy) is 2. The number of guanidine groups is 1. The average molecular weight is 374 g/mol. The van der Waals surface area contributed by atoms with Crippen LogP contribution in [0, 0.1) is 0 Å². The van der Waals surface area contributed by atoms with Crippen molar-refractivity contribution in [2.24, 2.45) is 4.99 Å². The van der Waals surface area contributed by atoms with Crippen molar-refractivity contribution in [2.45, 2.75) is 23.6 Å². The third-order valence-electron chi connectivity index (χ3n) is 3.77. The van der Waals surface area contributed by atoms with Gasteiger partial charge >= 0.3 is 0 Å². The van der Waals surface area contributed by atoms with Crippen LogP contribution in [0.15, 0.2) is 58.4 Å². The summed E-state index contributed by atoms with van der Waals surface area (Å²) in [6.07, 6.45) is 0. The number of benzene rings is 2. The molecule has 0 aliphatic rings. The molecule has 0 fully saturated rings. The van der Waals surface area contributed by atoms with Crippen molar-refractivity contribution in [3.8, 4) is 11.5 Å². The molecular formula is C20H27N3O2S. The monoisotopic (exact) mass is 373 g/mol. The molecule has 0 amide bonds. The Labute approximate surface area is 160 Å². The first-order chi connectivity index (χ1) is 12.7. The highest BCUT2D eigenvalue weighted by Crippen LogP contribution is 2.27. The lowest BCUT2D eigenvalue weighted by Gasteiger charge is -2.16. The van der Waals surface area contributed by atoms with Crippen LogP contribution in [0.4, 0.5) is 0 Å². The molecule has 26 heavy (non-hydrogen) atoms. The summed E-state index contributed by atoms with van der Waals surface area (Å²) in [4.78, 5) is 5.56. The zero-order chi connectivity index (χ0) is 18.8. The van der Waals surface area contributed by atoms with Crippen LogP contribution in [0.3, 0.4) is 0 Å². The molecule has 0 radical (unpaired) electrons. The minimum absolute atomic E-state index is 0.428. The summed E-state index contributed by atoms with van der Waals surface area (Å²) in [5.41, 5.74) is 1.09. The molecule has 0 heterocycles. The molecule has 1 atom stereocenters. The molecule has 0 saturated carbocycles. The van der Waals surface area contributed by atoms with Crippen LogP contribution in [0.5, 0.6) is 11.5 Å². The fourth-order valence-electron chi connectivity index (χ4n) is 2.41. The second kappa shape index (κ2) is 10.6. The third kappa shape index (κ3) is 6.19. The Balaban J connectivity index is 1.82. The van der Waals surface area contributed by atoms with E-state index in [0.717, 1.165) is 29.6 Å². The van der Waals surface area contributed by atoms with Crippen LogP contribution in [-0.2, 0) is 6.54 Å². The summed E-state index contributed by atoms with van der Waals surface area (Å²) in [6, 6.07) is 16.3. The van der Waals surface area contributed by atoms with E-state index in [4.69, 9.17) is 9.47 Å². The molecule has 2 aromatic carbocycles. The van der Waals surface area contributed by atoms with Gasteiger partial charge in [0.25, 0.3) is 0 Å². The summed E-state index contributed by atoms with van der Waals surface area (Å²) in [5, 5.41) is 7.13. The standard InChI is InChI=1S/C20H27N3O2S/c1-15(26-17-8-6-5-7-9-17)13-22-20(21-2)23-14-16-10-11-18(24-3)19(12-16)25-4/h5-12,15H,13-14H2,1-4H3,(H2,21,22,23). The van der Waals surface area contributed by atoms with Crippen molar-refractivity contribution >= 4 is 17.7 Å². The fraction of sp³-hybridized carbons (Fsp3) is 0.350. The smallest absolute Gasteiger partial charge is 0.191 e. The topological polar surface area (TPSA) is 54.9 Å². The van der Waals surface area contributed by atoms with Gasteiger partial charge in [0.1, 0.15) is 0 Å². The van der Waals surface area contributed by atoms with E-state index in [9.17, 15) is 0 Å².